The molecule has 2 nitrogen and oxygen atoms in total. The molecule has 1 aliphatic rings. The summed E-state index contributed by atoms with van der Waals surface area (Å²) in [5.41, 5.74) is 8.81. The number of hydrogen-bond acceptors (Lipinski definition) is 2. The molecule has 3 unspecified atom stereocenters. The van der Waals surface area contributed by atoms with Crippen molar-refractivity contribution in [3.63, 3.8) is 0 Å². The number of aryl methyl sites for hydroxylation is 1. The van der Waals surface area contributed by atoms with Crippen LogP contribution in [0, 0.1) is 12.8 Å². The largest absolute Gasteiger partial charge is 0.328 e. The molecular formula is C13H20N2. The summed E-state index contributed by atoms with van der Waals surface area (Å²) in [6.07, 6.45) is 7.44. The molecule has 1 aliphatic carbocycles. The Morgan fingerprint density at radius 3 is 2.93 bits per heavy atom. The molecule has 15 heavy (non-hydrogen) atoms. The first kappa shape index (κ1) is 10.6. The van der Waals surface area contributed by atoms with Gasteiger partial charge in [0.1, 0.15) is 0 Å². The van der Waals surface area contributed by atoms with Gasteiger partial charge in [-0.2, -0.15) is 0 Å². The fourth-order valence-electron chi connectivity index (χ4n) is 2.65. The Morgan fingerprint density at radius 2 is 2.20 bits per heavy atom. The van der Waals surface area contributed by atoms with E-state index in [-0.39, 0.29) is 0 Å². The molecule has 0 radical (unpaired) electrons. The first-order chi connectivity index (χ1) is 7.18. The molecule has 0 bridgehead atoms. The number of nitrogens with two attached hydrogens (primary N) is 1. The molecule has 0 spiro atoms. The van der Waals surface area contributed by atoms with Crippen molar-refractivity contribution >= 4 is 0 Å². The second-order valence-electron chi connectivity index (χ2n) is 4.89. The van der Waals surface area contributed by atoms with Gasteiger partial charge >= 0.3 is 0 Å². The first-order valence-corrected chi connectivity index (χ1v) is 5.84. The van der Waals surface area contributed by atoms with E-state index in [1.807, 2.05) is 12.4 Å². The van der Waals surface area contributed by atoms with Gasteiger partial charge in [-0.05, 0) is 55.2 Å². The van der Waals surface area contributed by atoms with E-state index in [1.54, 1.807) is 0 Å². The molecule has 1 saturated carbocycles. The average molecular weight is 204 g/mol. The summed E-state index contributed by atoms with van der Waals surface area (Å²) in [5, 5.41) is 0. The summed E-state index contributed by atoms with van der Waals surface area (Å²) in [6, 6.07) is 2.48. The summed E-state index contributed by atoms with van der Waals surface area (Å²) < 4.78 is 0. The Hall–Kier alpha value is -0.890. The molecular weight excluding hydrogens is 184 g/mol. The van der Waals surface area contributed by atoms with Crippen molar-refractivity contribution in [3.8, 4) is 0 Å². The molecule has 1 aromatic heterocycles. The Kier molecular flexibility index (Phi) is 3.06. The molecule has 1 heterocycles. The van der Waals surface area contributed by atoms with Crippen molar-refractivity contribution in [2.24, 2.45) is 11.7 Å². The Balaban J connectivity index is 2.25. The van der Waals surface area contributed by atoms with Gasteiger partial charge in [0, 0.05) is 18.4 Å². The highest BCUT2D eigenvalue weighted by Gasteiger charge is 2.27. The molecule has 0 amide bonds. The van der Waals surface area contributed by atoms with Gasteiger partial charge in [0.2, 0.25) is 0 Å². The number of rotatable bonds is 1. The van der Waals surface area contributed by atoms with Crippen molar-refractivity contribution in [2.75, 3.05) is 0 Å². The van der Waals surface area contributed by atoms with Crippen LogP contribution in [-0.2, 0) is 0 Å². The molecule has 1 fully saturated rings. The lowest BCUT2D eigenvalue weighted by Crippen LogP contribution is -2.31. The van der Waals surface area contributed by atoms with E-state index in [4.69, 9.17) is 5.73 Å². The maximum Gasteiger partial charge on any atom is 0.0305 e. The first-order valence-electron chi connectivity index (χ1n) is 5.84. The van der Waals surface area contributed by atoms with Crippen molar-refractivity contribution in [3.05, 3.63) is 29.6 Å². The zero-order chi connectivity index (χ0) is 10.8. The molecule has 2 rings (SSSR count). The van der Waals surface area contributed by atoms with Crippen LogP contribution in [0.5, 0.6) is 0 Å². The van der Waals surface area contributed by atoms with Crippen LogP contribution in [0.3, 0.4) is 0 Å². The van der Waals surface area contributed by atoms with Crippen molar-refractivity contribution in [2.45, 2.75) is 45.1 Å². The quantitative estimate of drug-likeness (QED) is 0.763. The molecule has 82 valence electrons. The predicted molar refractivity (Wildman–Crippen MR) is 62.7 cm³/mol. The summed E-state index contributed by atoms with van der Waals surface area (Å²) in [6.45, 7) is 4.51. The summed E-state index contributed by atoms with van der Waals surface area (Å²) in [5.74, 6) is 1.36. The number of pyridine rings is 1. The molecule has 1 aromatic rings. The van der Waals surface area contributed by atoms with Crippen LogP contribution in [-0.4, -0.2) is 11.0 Å². The lowest BCUT2D eigenvalue weighted by Gasteiger charge is -2.33. The fourth-order valence-corrected chi connectivity index (χ4v) is 2.65. The van der Waals surface area contributed by atoms with Crippen LogP contribution in [0.25, 0.3) is 0 Å². The second kappa shape index (κ2) is 4.31. The van der Waals surface area contributed by atoms with Crippen LogP contribution in [0.1, 0.15) is 43.2 Å². The van der Waals surface area contributed by atoms with Crippen LogP contribution in [0.15, 0.2) is 18.5 Å². The monoisotopic (exact) mass is 204 g/mol. The van der Waals surface area contributed by atoms with Crippen molar-refractivity contribution in [1.82, 2.24) is 4.98 Å². The van der Waals surface area contributed by atoms with Gasteiger partial charge in [0.25, 0.3) is 0 Å². The van der Waals surface area contributed by atoms with Crippen molar-refractivity contribution < 1.29 is 0 Å². The van der Waals surface area contributed by atoms with E-state index < -0.39 is 0 Å². The summed E-state index contributed by atoms with van der Waals surface area (Å²) in [7, 11) is 0. The Morgan fingerprint density at radius 1 is 1.40 bits per heavy atom. The van der Waals surface area contributed by atoms with E-state index in [2.05, 4.69) is 24.9 Å². The van der Waals surface area contributed by atoms with Crippen molar-refractivity contribution in [1.29, 1.82) is 0 Å². The third-order valence-corrected chi connectivity index (χ3v) is 3.72. The molecule has 0 aliphatic heterocycles. The summed E-state index contributed by atoms with van der Waals surface area (Å²) in [4.78, 5) is 4.24. The second-order valence-corrected chi connectivity index (χ2v) is 4.89. The smallest absolute Gasteiger partial charge is 0.0305 e. The number of hydrogen-bond donors (Lipinski definition) is 1. The zero-order valence-corrected chi connectivity index (χ0v) is 9.61. The minimum absolute atomic E-state index is 0.380. The highest BCUT2D eigenvalue weighted by Crippen LogP contribution is 2.37. The third-order valence-electron chi connectivity index (χ3n) is 3.72. The molecule has 0 saturated heterocycles. The van der Waals surface area contributed by atoms with Gasteiger partial charge in [-0.25, -0.2) is 0 Å². The van der Waals surface area contributed by atoms with Gasteiger partial charge in [0.15, 0.2) is 0 Å². The lowest BCUT2D eigenvalue weighted by molar-refractivity contribution is 0.299. The topological polar surface area (TPSA) is 38.9 Å². The average Bonchev–Trinajstić information content (AvgIpc) is 2.23. The Labute approximate surface area is 91.9 Å². The Bertz CT molecular complexity index is 335. The van der Waals surface area contributed by atoms with Crippen LogP contribution in [0.2, 0.25) is 0 Å². The maximum atomic E-state index is 6.05. The van der Waals surface area contributed by atoms with E-state index in [9.17, 15) is 0 Å². The number of aromatic nitrogens is 1. The maximum absolute atomic E-state index is 6.05. The zero-order valence-electron chi connectivity index (χ0n) is 9.61. The van der Waals surface area contributed by atoms with Crippen LogP contribution >= 0.6 is 0 Å². The van der Waals surface area contributed by atoms with Gasteiger partial charge in [-0.3, -0.25) is 4.98 Å². The van der Waals surface area contributed by atoms with E-state index in [0.29, 0.717) is 12.0 Å². The normalized spacial score (nSPS) is 31.5. The van der Waals surface area contributed by atoms with E-state index in [0.717, 1.165) is 12.3 Å². The van der Waals surface area contributed by atoms with E-state index >= 15 is 0 Å². The highest BCUT2D eigenvalue weighted by atomic mass is 14.7. The van der Waals surface area contributed by atoms with Gasteiger partial charge in [-0.15, -0.1) is 0 Å². The highest BCUT2D eigenvalue weighted by molar-refractivity contribution is 5.26. The molecule has 0 aromatic carbocycles. The third kappa shape index (κ3) is 2.20. The lowest BCUT2D eigenvalue weighted by atomic mass is 9.74. The van der Waals surface area contributed by atoms with Gasteiger partial charge in [0.05, 0.1) is 0 Å². The van der Waals surface area contributed by atoms with Crippen LogP contribution in [0.4, 0.5) is 0 Å². The molecule has 2 heteroatoms. The molecule has 2 N–H and O–H groups in total. The minimum atomic E-state index is 0.380. The standard InChI is InChI=1S/C13H20N2/c1-9-3-4-11(14)7-12(9)13-8-15-6-5-10(13)2/h5-6,8-9,11-12H,3-4,7,14H2,1-2H3. The van der Waals surface area contributed by atoms with Gasteiger partial charge in [-0.1, -0.05) is 6.92 Å². The minimum Gasteiger partial charge on any atom is -0.328 e. The summed E-state index contributed by atoms with van der Waals surface area (Å²) >= 11 is 0. The van der Waals surface area contributed by atoms with Crippen LogP contribution < -0.4 is 5.73 Å². The fraction of sp³-hybridized carbons (Fsp3) is 0.615. The predicted octanol–water partition coefficient (Wildman–Crippen LogP) is 2.62. The van der Waals surface area contributed by atoms with Gasteiger partial charge < -0.3 is 5.73 Å². The number of nitrogens with zero attached hydrogens (tertiary/aromatic N) is 1. The van der Waals surface area contributed by atoms with E-state index in [1.165, 1.54) is 24.0 Å². The molecule has 3 atom stereocenters. The SMILES string of the molecule is Cc1ccncc1C1CC(N)CCC1C.